The van der Waals surface area contributed by atoms with Gasteiger partial charge in [0.05, 0.1) is 12.9 Å². The fourth-order valence-electron chi connectivity index (χ4n) is 2.71. The molecule has 1 aromatic heterocycles. The van der Waals surface area contributed by atoms with Crippen LogP contribution >= 0.6 is 11.8 Å². The van der Waals surface area contributed by atoms with Crippen LogP contribution in [0.4, 0.5) is 4.39 Å². The van der Waals surface area contributed by atoms with Gasteiger partial charge in [0.25, 0.3) is 0 Å². The molecule has 3 rings (SSSR count). The van der Waals surface area contributed by atoms with Crippen molar-refractivity contribution in [3.63, 3.8) is 0 Å². The van der Waals surface area contributed by atoms with Crippen molar-refractivity contribution in [2.24, 2.45) is 0 Å². The zero-order valence-electron chi connectivity index (χ0n) is 15.2. The van der Waals surface area contributed by atoms with Gasteiger partial charge >= 0.3 is 0 Å². The number of methoxy groups -OCH3 is 1. The SMILES string of the molecule is CCn1c(Cc2ccccc2)nnc1SCC(=O)c1ccc(OC)c(F)c1. The predicted octanol–water partition coefficient (Wildman–Crippen LogP) is 4.01. The Balaban J connectivity index is 1.69. The normalized spacial score (nSPS) is 10.8. The summed E-state index contributed by atoms with van der Waals surface area (Å²) < 4.78 is 20.7. The number of hydrogen-bond acceptors (Lipinski definition) is 5. The number of benzene rings is 2. The number of carbonyl (C=O) groups excluding carboxylic acids is 1. The van der Waals surface area contributed by atoms with Crippen LogP contribution in [0.5, 0.6) is 5.75 Å². The van der Waals surface area contributed by atoms with Gasteiger partial charge in [0.15, 0.2) is 22.5 Å². The third kappa shape index (κ3) is 4.54. The van der Waals surface area contributed by atoms with Crippen LogP contribution in [-0.4, -0.2) is 33.4 Å². The van der Waals surface area contributed by atoms with Gasteiger partial charge in [0.2, 0.25) is 0 Å². The Hall–Kier alpha value is -2.67. The van der Waals surface area contributed by atoms with Gasteiger partial charge in [0.1, 0.15) is 5.82 Å². The van der Waals surface area contributed by atoms with E-state index in [4.69, 9.17) is 4.74 Å². The van der Waals surface area contributed by atoms with E-state index in [1.165, 1.54) is 31.0 Å². The number of thioether (sulfide) groups is 1. The van der Waals surface area contributed by atoms with Crippen molar-refractivity contribution in [2.75, 3.05) is 12.9 Å². The highest BCUT2D eigenvalue weighted by atomic mass is 32.2. The highest BCUT2D eigenvalue weighted by Crippen LogP contribution is 2.22. The predicted molar refractivity (Wildman–Crippen MR) is 103 cm³/mol. The average molecular weight is 385 g/mol. The van der Waals surface area contributed by atoms with E-state index in [9.17, 15) is 9.18 Å². The molecule has 0 saturated carbocycles. The Morgan fingerprint density at radius 1 is 1.19 bits per heavy atom. The average Bonchev–Trinajstić information content (AvgIpc) is 3.08. The van der Waals surface area contributed by atoms with Gasteiger partial charge in [-0.2, -0.15) is 0 Å². The Morgan fingerprint density at radius 3 is 2.63 bits per heavy atom. The van der Waals surface area contributed by atoms with Crippen LogP contribution in [0.3, 0.4) is 0 Å². The number of rotatable bonds is 8. The molecule has 0 fully saturated rings. The molecule has 0 atom stereocenters. The maximum atomic E-state index is 13.8. The number of halogens is 1. The molecule has 0 bridgehead atoms. The van der Waals surface area contributed by atoms with Crippen LogP contribution in [0.25, 0.3) is 0 Å². The number of Topliss-reactive ketones (excluding diaryl/α,β-unsaturated/α-hetero) is 1. The molecule has 5 nitrogen and oxygen atoms in total. The molecule has 140 valence electrons. The Morgan fingerprint density at radius 2 is 1.96 bits per heavy atom. The van der Waals surface area contributed by atoms with E-state index in [2.05, 4.69) is 10.2 Å². The maximum absolute atomic E-state index is 13.8. The lowest BCUT2D eigenvalue weighted by atomic mass is 10.1. The number of nitrogens with zero attached hydrogens (tertiary/aromatic N) is 3. The highest BCUT2D eigenvalue weighted by molar-refractivity contribution is 7.99. The fraction of sp³-hybridized carbons (Fsp3) is 0.250. The first-order valence-electron chi connectivity index (χ1n) is 8.58. The van der Waals surface area contributed by atoms with Crippen molar-refractivity contribution in [3.05, 3.63) is 71.3 Å². The van der Waals surface area contributed by atoms with E-state index in [0.29, 0.717) is 23.7 Å². The quantitative estimate of drug-likeness (QED) is 0.433. The molecule has 2 aromatic carbocycles. The van der Waals surface area contributed by atoms with Gasteiger partial charge in [-0.05, 0) is 30.7 Å². The van der Waals surface area contributed by atoms with Crippen LogP contribution < -0.4 is 4.74 Å². The smallest absolute Gasteiger partial charge is 0.191 e. The van der Waals surface area contributed by atoms with E-state index in [0.717, 1.165) is 11.4 Å². The minimum atomic E-state index is -0.546. The van der Waals surface area contributed by atoms with Crippen LogP contribution in [0, 0.1) is 5.82 Å². The topological polar surface area (TPSA) is 57.0 Å². The van der Waals surface area contributed by atoms with Crippen LogP contribution in [-0.2, 0) is 13.0 Å². The molecule has 0 saturated heterocycles. The Bertz CT molecular complexity index is 928. The molecule has 7 heteroatoms. The lowest BCUT2D eigenvalue weighted by Crippen LogP contribution is -2.07. The summed E-state index contributed by atoms with van der Waals surface area (Å²) in [5.74, 6) is 0.423. The minimum absolute atomic E-state index is 0.121. The second-order valence-corrected chi connectivity index (χ2v) is 6.81. The first-order chi connectivity index (χ1) is 13.1. The van der Waals surface area contributed by atoms with E-state index in [1.807, 2.05) is 41.8 Å². The van der Waals surface area contributed by atoms with E-state index >= 15 is 0 Å². The van der Waals surface area contributed by atoms with E-state index in [1.54, 1.807) is 6.07 Å². The van der Waals surface area contributed by atoms with E-state index < -0.39 is 5.82 Å². The van der Waals surface area contributed by atoms with Crippen molar-refractivity contribution in [2.45, 2.75) is 25.0 Å². The molecular formula is C20H20FN3O2S. The molecule has 0 unspecified atom stereocenters. The first kappa shape index (κ1) is 19.1. The second kappa shape index (κ2) is 8.81. The van der Waals surface area contributed by atoms with Gasteiger partial charge in [0, 0.05) is 18.5 Å². The molecule has 3 aromatic rings. The van der Waals surface area contributed by atoms with Gasteiger partial charge in [-0.1, -0.05) is 42.1 Å². The molecule has 0 aliphatic rings. The van der Waals surface area contributed by atoms with Crippen molar-refractivity contribution >= 4 is 17.5 Å². The molecule has 0 aliphatic heterocycles. The number of carbonyl (C=O) groups is 1. The molecule has 0 aliphatic carbocycles. The summed E-state index contributed by atoms with van der Waals surface area (Å²) in [4.78, 5) is 12.4. The zero-order valence-corrected chi connectivity index (χ0v) is 16.0. The molecule has 0 radical (unpaired) electrons. The summed E-state index contributed by atoms with van der Waals surface area (Å²) in [6.07, 6.45) is 0.680. The number of aromatic nitrogens is 3. The highest BCUT2D eigenvalue weighted by Gasteiger charge is 2.15. The number of hydrogen-bond donors (Lipinski definition) is 0. The molecule has 1 heterocycles. The van der Waals surface area contributed by atoms with Crippen molar-refractivity contribution in [1.82, 2.24) is 14.8 Å². The van der Waals surface area contributed by atoms with Crippen LogP contribution in [0.1, 0.15) is 28.7 Å². The fourth-order valence-corrected chi connectivity index (χ4v) is 3.62. The summed E-state index contributed by atoms with van der Waals surface area (Å²) in [7, 11) is 1.39. The van der Waals surface area contributed by atoms with Gasteiger partial charge in [-0.3, -0.25) is 4.79 Å². The van der Waals surface area contributed by atoms with Crippen molar-refractivity contribution < 1.29 is 13.9 Å². The summed E-state index contributed by atoms with van der Waals surface area (Å²) in [6.45, 7) is 2.73. The number of ether oxygens (including phenoxy) is 1. The molecule has 0 amide bonds. The third-order valence-electron chi connectivity index (χ3n) is 4.12. The van der Waals surface area contributed by atoms with Gasteiger partial charge < -0.3 is 9.30 Å². The summed E-state index contributed by atoms with van der Waals surface area (Å²) in [6, 6.07) is 14.3. The maximum Gasteiger partial charge on any atom is 0.191 e. The standard InChI is InChI=1S/C20H20FN3O2S/c1-3-24-19(11-14-7-5-4-6-8-14)22-23-20(24)27-13-17(25)15-9-10-18(26-2)16(21)12-15/h4-10,12H,3,11,13H2,1-2H3. The molecule has 0 spiro atoms. The van der Waals surface area contributed by atoms with Crippen molar-refractivity contribution in [3.8, 4) is 5.75 Å². The molecular weight excluding hydrogens is 365 g/mol. The summed E-state index contributed by atoms with van der Waals surface area (Å²) in [5.41, 5.74) is 1.47. The van der Waals surface area contributed by atoms with Crippen LogP contribution in [0.2, 0.25) is 0 Å². The Kier molecular flexibility index (Phi) is 6.24. The van der Waals surface area contributed by atoms with Gasteiger partial charge in [-0.15, -0.1) is 10.2 Å². The third-order valence-corrected chi connectivity index (χ3v) is 5.09. The lowest BCUT2D eigenvalue weighted by molar-refractivity contribution is 0.102. The monoisotopic (exact) mass is 385 g/mol. The van der Waals surface area contributed by atoms with E-state index in [-0.39, 0.29) is 17.3 Å². The minimum Gasteiger partial charge on any atom is -0.494 e. The van der Waals surface area contributed by atoms with Gasteiger partial charge in [-0.25, -0.2) is 4.39 Å². The molecule has 0 N–H and O–H groups in total. The first-order valence-corrected chi connectivity index (χ1v) is 9.56. The summed E-state index contributed by atoms with van der Waals surface area (Å²) in [5, 5.41) is 9.18. The zero-order chi connectivity index (χ0) is 19.2. The Labute approximate surface area is 161 Å². The lowest BCUT2D eigenvalue weighted by Gasteiger charge is -2.08. The second-order valence-electron chi connectivity index (χ2n) is 5.87. The molecule has 27 heavy (non-hydrogen) atoms. The summed E-state index contributed by atoms with van der Waals surface area (Å²) >= 11 is 1.31. The van der Waals surface area contributed by atoms with Crippen molar-refractivity contribution in [1.29, 1.82) is 0 Å². The number of ketones is 1. The van der Waals surface area contributed by atoms with Crippen LogP contribution in [0.15, 0.2) is 53.7 Å². The largest absolute Gasteiger partial charge is 0.494 e.